The van der Waals surface area contributed by atoms with Crippen LogP contribution in [-0.4, -0.2) is 13.9 Å². The molecule has 0 bridgehead atoms. The molecule has 0 spiro atoms. The van der Waals surface area contributed by atoms with E-state index in [0.29, 0.717) is 0 Å². The van der Waals surface area contributed by atoms with Crippen molar-refractivity contribution in [1.82, 2.24) is 0 Å². The van der Waals surface area contributed by atoms with Gasteiger partial charge in [0.25, 0.3) is 0 Å². The van der Waals surface area contributed by atoms with Gasteiger partial charge in [-0.3, -0.25) is 0 Å². The van der Waals surface area contributed by atoms with E-state index in [0.717, 1.165) is 18.3 Å². The van der Waals surface area contributed by atoms with Crippen molar-refractivity contribution in [2.24, 2.45) is 5.73 Å². The smallest absolute Gasteiger partial charge is 0.113 e. The van der Waals surface area contributed by atoms with E-state index in [2.05, 4.69) is 0 Å². The van der Waals surface area contributed by atoms with E-state index in [9.17, 15) is 0 Å². The van der Waals surface area contributed by atoms with Gasteiger partial charge in [-0.2, -0.15) is 0 Å². The van der Waals surface area contributed by atoms with E-state index >= 15 is 0 Å². The number of hydrogen-bond acceptors (Lipinski definition) is 1. The highest BCUT2D eigenvalue weighted by Gasteiger charge is 1.98. The van der Waals surface area contributed by atoms with Gasteiger partial charge < -0.3 is 5.73 Å². The number of allylic oxidation sites excluding steroid dienone is 3. The minimum atomic E-state index is 0.197. The van der Waals surface area contributed by atoms with Gasteiger partial charge in [-0.05, 0) is 12.8 Å². The lowest BCUT2D eigenvalue weighted by molar-refractivity contribution is 0.739. The van der Waals surface area contributed by atoms with E-state index < -0.39 is 0 Å². The van der Waals surface area contributed by atoms with E-state index in [1.54, 1.807) is 0 Å². The number of rotatable bonds is 0. The first-order valence-electron chi connectivity index (χ1n) is 3.18. The van der Waals surface area contributed by atoms with Gasteiger partial charge in [-0.15, -0.1) is 5.47 Å². The summed E-state index contributed by atoms with van der Waals surface area (Å²) in [6.45, 7) is 0. The Morgan fingerprint density at radius 3 is 3.22 bits per heavy atom. The van der Waals surface area contributed by atoms with Crippen LogP contribution in [0.2, 0.25) is 0 Å². The highest BCUT2D eigenvalue weighted by Crippen LogP contribution is 2.06. The molecule has 0 aromatic carbocycles. The summed E-state index contributed by atoms with van der Waals surface area (Å²) in [6, 6.07) is 0.197. The molecular formula is C7H10BN. The molecule has 1 atom stereocenters. The van der Waals surface area contributed by atoms with E-state index in [1.807, 2.05) is 18.2 Å². The third-order valence-electron chi connectivity index (χ3n) is 1.42. The summed E-state index contributed by atoms with van der Waals surface area (Å²) >= 11 is 0. The summed E-state index contributed by atoms with van der Waals surface area (Å²) in [5.74, 6) is 0. The van der Waals surface area contributed by atoms with Gasteiger partial charge >= 0.3 is 0 Å². The summed E-state index contributed by atoms with van der Waals surface area (Å²) in [5, 5.41) is 0. The normalized spacial score (nSPS) is 27.2. The topological polar surface area (TPSA) is 26.0 Å². The van der Waals surface area contributed by atoms with E-state index in [1.165, 1.54) is 0 Å². The Morgan fingerprint density at radius 1 is 1.67 bits per heavy atom. The molecule has 0 aromatic rings. The third kappa shape index (κ3) is 2.06. The maximum absolute atomic E-state index is 5.62. The molecule has 0 heterocycles. The van der Waals surface area contributed by atoms with Crippen molar-refractivity contribution in [3.05, 3.63) is 23.7 Å². The largest absolute Gasteiger partial charge is 0.324 e. The van der Waals surface area contributed by atoms with Gasteiger partial charge in [-0.25, -0.2) is 0 Å². The van der Waals surface area contributed by atoms with Crippen molar-refractivity contribution in [2.75, 3.05) is 0 Å². The van der Waals surface area contributed by atoms with Gasteiger partial charge in [0, 0.05) is 6.04 Å². The van der Waals surface area contributed by atoms with Crippen molar-refractivity contribution in [3.8, 4) is 0 Å². The first-order chi connectivity index (χ1) is 4.29. The lowest BCUT2D eigenvalue weighted by atomic mass is 9.95. The summed E-state index contributed by atoms with van der Waals surface area (Å²) < 4.78 is 0. The molecule has 0 amide bonds. The van der Waals surface area contributed by atoms with Crippen LogP contribution in [0.1, 0.15) is 12.8 Å². The molecule has 0 saturated carbocycles. The fraction of sp³-hybridized carbons (Fsp3) is 0.429. The van der Waals surface area contributed by atoms with Gasteiger partial charge in [-0.1, -0.05) is 18.2 Å². The molecule has 1 rings (SSSR count). The first kappa shape index (κ1) is 6.62. The summed E-state index contributed by atoms with van der Waals surface area (Å²) in [6.07, 6.45) is 7.83. The maximum Gasteiger partial charge on any atom is 0.113 e. The fourth-order valence-electron chi connectivity index (χ4n) is 0.841. The van der Waals surface area contributed by atoms with Crippen LogP contribution < -0.4 is 5.73 Å². The predicted octanol–water partition coefficient (Wildman–Crippen LogP) is 0.716. The zero-order valence-corrected chi connectivity index (χ0v) is 5.38. The van der Waals surface area contributed by atoms with Crippen molar-refractivity contribution in [3.63, 3.8) is 0 Å². The highest BCUT2D eigenvalue weighted by atomic mass is 14.6. The second-order valence-corrected chi connectivity index (χ2v) is 2.30. The molecule has 1 aliphatic carbocycles. The van der Waals surface area contributed by atoms with Crippen LogP contribution in [0.25, 0.3) is 0 Å². The lowest BCUT2D eigenvalue weighted by Crippen LogP contribution is -2.15. The van der Waals surface area contributed by atoms with Crippen LogP contribution in [0.5, 0.6) is 0 Å². The quantitative estimate of drug-likeness (QED) is 0.467. The van der Waals surface area contributed by atoms with Crippen LogP contribution >= 0.6 is 0 Å². The maximum atomic E-state index is 5.62. The average molecular weight is 119 g/mol. The standard InChI is InChI=1S/C7H10BN/c8-6-2-1-3-7(9)5-4-6/h2,4-5,7H,1,3,9H2. The predicted molar refractivity (Wildman–Crippen MR) is 40.2 cm³/mol. The Hall–Kier alpha value is -0.495. The van der Waals surface area contributed by atoms with Crippen LogP contribution in [-0.2, 0) is 0 Å². The monoisotopic (exact) mass is 119 g/mol. The Morgan fingerprint density at radius 2 is 2.44 bits per heavy atom. The van der Waals surface area contributed by atoms with Gasteiger partial charge in [0.2, 0.25) is 0 Å². The number of hydrogen-bond donors (Lipinski definition) is 1. The molecule has 1 unspecified atom stereocenters. The van der Waals surface area contributed by atoms with Crippen LogP contribution in [0.15, 0.2) is 23.7 Å². The highest BCUT2D eigenvalue weighted by molar-refractivity contribution is 6.23. The van der Waals surface area contributed by atoms with Crippen molar-refractivity contribution in [1.29, 1.82) is 0 Å². The van der Waals surface area contributed by atoms with Gasteiger partial charge in [0.15, 0.2) is 0 Å². The molecular weight excluding hydrogens is 109 g/mol. The van der Waals surface area contributed by atoms with Crippen LogP contribution in [0, 0.1) is 0 Å². The molecule has 0 saturated heterocycles. The van der Waals surface area contributed by atoms with Gasteiger partial charge in [0.1, 0.15) is 7.85 Å². The molecule has 1 nitrogen and oxygen atoms in total. The molecule has 0 fully saturated rings. The van der Waals surface area contributed by atoms with Crippen molar-refractivity contribution < 1.29 is 0 Å². The van der Waals surface area contributed by atoms with Gasteiger partial charge in [0.05, 0.1) is 0 Å². The van der Waals surface area contributed by atoms with Crippen molar-refractivity contribution >= 4 is 7.85 Å². The van der Waals surface area contributed by atoms with E-state index in [4.69, 9.17) is 13.6 Å². The molecule has 1 aliphatic rings. The molecule has 0 aliphatic heterocycles. The van der Waals surface area contributed by atoms with Crippen LogP contribution in [0.4, 0.5) is 0 Å². The first-order valence-corrected chi connectivity index (χ1v) is 3.18. The summed E-state index contributed by atoms with van der Waals surface area (Å²) in [7, 11) is 5.52. The SMILES string of the molecule is [B]C1=CCCC(N)C=C1. The zero-order chi connectivity index (χ0) is 6.69. The average Bonchev–Trinajstić information content (AvgIpc) is 1.97. The molecule has 2 heteroatoms. The molecule has 2 radical (unpaired) electrons. The van der Waals surface area contributed by atoms with E-state index in [-0.39, 0.29) is 6.04 Å². The molecule has 0 aromatic heterocycles. The Kier molecular flexibility index (Phi) is 2.12. The fourth-order valence-corrected chi connectivity index (χ4v) is 0.841. The number of nitrogens with two attached hydrogens (primary N) is 1. The summed E-state index contributed by atoms with van der Waals surface area (Å²) in [5.41, 5.74) is 6.46. The van der Waals surface area contributed by atoms with Crippen molar-refractivity contribution in [2.45, 2.75) is 18.9 Å². The molecule has 9 heavy (non-hydrogen) atoms. The minimum absolute atomic E-state index is 0.197. The molecule has 46 valence electrons. The van der Waals surface area contributed by atoms with Crippen LogP contribution in [0.3, 0.4) is 0 Å². The zero-order valence-electron chi connectivity index (χ0n) is 5.38. The Bertz CT molecular complexity index is 149. The minimum Gasteiger partial charge on any atom is -0.324 e. The Labute approximate surface area is 57.0 Å². The second-order valence-electron chi connectivity index (χ2n) is 2.30. The lowest BCUT2D eigenvalue weighted by Gasteiger charge is -1.98. The third-order valence-corrected chi connectivity index (χ3v) is 1.42. The Balaban J connectivity index is 2.58. The summed E-state index contributed by atoms with van der Waals surface area (Å²) in [4.78, 5) is 0. The molecule has 2 N–H and O–H groups in total. The second kappa shape index (κ2) is 2.88.